The highest BCUT2D eigenvalue weighted by molar-refractivity contribution is 5.75. The fourth-order valence-corrected chi connectivity index (χ4v) is 2.07. The van der Waals surface area contributed by atoms with E-state index >= 15 is 0 Å². The number of carbonyl (C=O) groups is 1. The van der Waals surface area contributed by atoms with Crippen LogP contribution in [0.1, 0.15) is 6.92 Å². The van der Waals surface area contributed by atoms with Crippen LogP contribution >= 0.6 is 0 Å². The monoisotopic (exact) mass is 268 g/mol. The zero-order valence-corrected chi connectivity index (χ0v) is 11.1. The van der Waals surface area contributed by atoms with Crippen LogP contribution in [0.4, 0.5) is 5.95 Å². The largest absolute Gasteiger partial charge is 0.379 e. The van der Waals surface area contributed by atoms with Gasteiger partial charge in [0.1, 0.15) is 12.9 Å². The van der Waals surface area contributed by atoms with Gasteiger partial charge in [-0.05, 0) is 6.92 Å². The molecule has 1 aliphatic heterocycles. The van der Waals surface area contributed by atoms with Crippen LogP contribution < -0.4 is 11.1 Å². The second-order valence-corrected chi connectivity index (χ2v) is 4.68. The van der Waals surface area contributed by atoms with Gasteiger partial charge < -0.3 is 15.8 Å². The topological polar surface area (TPSA) is 98.3 Å². The van der Waals surface area contributed by atoms with Gasteiger partial charge in [-0.1, -0.05) is 0 Å². The number of nitrogens with zero attached hydrogens (tertiary/aromatic N) is 4. The molecule has 1 fully saturated rings. The average molecular weight is 268 g/mol. The van der Waals surface area contributed by atoms with Crippen molar-refractivity contribution in [3.8, 4) is 0 Å². The van der Waals surface area contributed by atoms with Gasteiger partial charge in [-0.3, -0.25) is 9.69 Å². The molecule has 0 spiro atoms. The molecule has 1 aliphatic rings. The number of hydrogen-bond donors (Lipinski definition) is 2. The van der Waals surface area contributed by atoms with Gasteiger partial charge in [-0.2, -0.15) is 0 Å². The predicted molar refractivity (Wildman–Crippen MR) is 69.3 cm³/mol. The van der Waals surface area contributed by atoms with E-state index in [1.807, 2.05) is 6.92 Å². The minimum atomic E-state index is -0.0920. The Balaban J connectivity index is 1.71. The van der Waals surface area contributed by atoms with Crippen LogP contribution in [-0.2, 0) is 16.1 Å². The molecule has 0 aromatic carbocycles. The van der Waals surface area contributed by atoms with Gasteiger partial charge >= 0.3 is 0 Å². The first-order valence-corrected chi connectivity index (χ1v) is 6.38. The number of nitrogen functional groups attached to an aromatic ring is 1. The van der Waals surface area contributed by atoms with E-state index in [9.17, 15) is 4.79 Å². The molecule has 0 aliphatic carbocycles. The SMILES string of the molecule is CC(CN1CCOCC1)NC(=O)Cn1cnc(N)n1. The van der Waals surface area contributed by atoms with Crippen LogP contribution in [0.2, 0.25) is 0 Å². The quantitative estimate of drug-likeness (QED) is 0.688. The van der Waals surface area contributed by atoms with Crippen molar-refractivity contribution in [3.63, 3.8) is 0 Å². The minimum absolute atomic E-state index is 0.0893. The molecule has 1 aromatic rings. The van der Waals surface area contributed by atoms with Gasteiger partial charge in [0.2, 0.25) is 11.9 Å². The third kappa shape index (κ3) is 4.49. The first kappa shape index (κ1) is 13.8. The fourth-order valence-electron chi connectivity index (χ4n) is 2.07. The summed E-state index contributed by atoms with van der Waals surface area (Å²) in [5.74, 6) is 0.0832. The lowest BCUT2D eigenvalue weighted by Gasteiger charge is -2.29. The average Bonchev–Trinajstić information content (AvgIpc) is 2.75. The van der Waals surface area contributed by atoms with Crippen molar-refractivity contribution in [3.05, 3.63) is 6.33 Å². The van der Waals surface area contributed by atoms with Crippen LogP contribution in [0.25, 0.3) is 0 Å². The summed E-state index contributed by atoms with van der Waals surface area (Å²) >= 11 is 0. The Hall–Kier alpha value is -1.67. The highest BCUT2D eigenvalue weighted by Crippen LogP contribution is 1.98. The van der Waals surface area contributed by atoms with Gasteiger partial charge in [0, 0.05) is 25.7 Å². The Labute approximate surface area is 111 Å². The summed E-state index contributed by atoms with van der Waals surface area (Å²) in [7, 11) is 0. The molecule has 0 bridgehead atoms. The Bertz CT molecular complexity index is 415. The van der Waals surface area contributed by atoms with Gasteiger partial charge in [0.05, 0.1) is 13.2 Å². The van der Waals surface area contributed by atoms with Crippen LogP contribution in [0.5, 0.6) is 0 Å². The van der Waals surface area contributed by atoms with E-state index in [-0.39, 0.29) is 24.4 Å². The molecule has 2 heterocycles. The molecule has 8 nitrogen and oxygen atoms in total. The predicted octanol–water partition coefficient (Wildman–Crippen LogP) is -1.30. The molecule has 1 saturated heterocycles. The number of aromatic nitrogens is 3. The number of rotatable bonds is 5. The highest BCUT2D eigenvalue weighted by atomic mass is 16.5. The molecule has 2 rings (SSSR count). The van der Waals surface area contributed by atoms with Crippen molar-refractivity contribution in [2.45, 2.75) is 19.5 Å². The van der Waals surface area contributed by atoms with Crippen LogP contribution in [0.3, 0.4) is 0 Å². The van der Waals surface area contributed by atoms with Gasteiger partial charge in [0.15, 0.2) is 0 Å². The maximum atomic E-state index is 11.8. The van der Waals surface area contributed by atoms with E-state index in [0.29, 0.717) is 0 Å². The summed E-state index contributed by atoms with van der Waals surface area (Å²) in [4.78, 5) is 17.8. The normalized spacial score (nSPS) is 18.2. The second-order valence-electron chi connectivity index (χ2n) is 4.68. The minimum Gasteiger partial charge on any atom is -0.379 e. The number of carbonyl (C=O) groups excluding carboxylic acids is 1. The molecule has 8 heteroatoms. The molecule has 3 N–H and O–H groups in total. The van der Waals surface area contributed by atoms with Crippen LogP contribution in [0.15, 0.2) is 6.33 Å². The molecule has 1 aromatic heterocycles. The highest BCUT2D eigenvalue weighted by Gasteiger charge is 2.15. The van der Waals surface area contributed by atoms with Crippen LogP contribution in [0, 0.1) is 0 Å². The molecule has 106 valence electrons. The van der Waals surface area contributed by atoms with Crippen molar-refractivity contribution in [2.24, 2.45) is 0 Å². The van der Waals surface area contributed by atoms with Gasteiger partial charge in [0.25, 0.3) is 0 Å². The Morgan fingerprint density at radius 2 is 2.32 bits per heavy atom. The number of amides is 1. The summed E-state index contributed by atoms with van der Waals surface area (Å²) < 4.78 is 6.71. The molecule has 1 unspecified atom stereocenters. The van der Waals surface area contributed by atoms with Crippen molar-refractivity contribution in [1.29, 1.82) is 0 Å². The van der Waals surface area contributed by atoms with E-state index < -0.39 is 0 Å². The third-order valence-electron chi connectivity index (χ3n) is 2.90. The number of morpholine rings is 1. The third-order valence-corrected chi connectivity index (χ3v) is 2.90. The standard InChI is InChI=1S/C11H20N6O2/c1-9(6-16-2-4-19-5-3-16)14-10(18)7-17-8-13-11(12)15-17/h8-9H,2-7H2,1H3,(H2,12,15)(H,14,18). The smallest absolute Gasteiger partial charge is 0.242 e. The summed E-state index contributed by atoms with van der Waals surface area (Å²) in [6.07, 6.45) is 1.45. The lowest BCUT2D eigenvalue weighted by Crippen LogP contribution is -2.46. The summed E-state index contributed by atoms with van der Waals surface area (Å²) in [5.41, 5.74) is 5.39. The summed E-state index contributed by atoms with van der Waals surface area (Å²) in [6, 6.07) is 0.0893. The number of hydrogen-bond acceptors (Lipinski definition) is 6. The summed E-state index contributed by atoms with van der Waals surface area (Å²) in [5, 5.41) is 6.80. The maximum absolute atomic E-state index is 11.8. The van der Waals surface area contributed by atoms with Crippen LogP contribution in [-0.4, -0.2) is 64.5 Å². The molecule has 19 heavy (non-hydrogen) atoms. The summed E-state index contributed by atoms with van der Waals surface area (Å²) in [6.45, 7) is 6.31. The van der Waals surface area contributed by atoms with E-state index in [1.165, 1.54) is 11.0 Å². The van der Waals surface area contributed by atoms with Gasteiger partial charge in [-0.25, -0.2) is 9.67 Å². The lowest BCUT2D eigenvalue weighted by atomic mass is 10.3. The first-order chi connectivity index (χ1) is 9.13. The Morgan fingerprint density at radius 3 is 2.95 bits per heavy atom. The van der Waals surface area contributed by atoms with E-state index in [2.05, 4.69) is 20.3 Å². The van der Waals surface area contributed by atoms with Crippen molar-refractivity contribution in [2.75, 3.05) is 38.6 Å². The van der Waals surface area contributed by atoms with E-state index in [1.54, 1.807) is 0 Å². The second kappa shape index (κ2) is 6.48. The lowest BCUT2D eigenvalue weighted by molar-refractivity contribution is -0.122. The fraction of sp³-hybridized carbons (Fsp3) is 0.727. The first-order valence-electron chi connectivity index (χ1n) is 6.38. The number of anilines is 1. The number of nitrogens with one attached hydrogen (secondary N) is 1. The number of nitrogens with two attached hydrogens (primary N) is 1. The Kier molecular flexibility index (Phi) is 4.69. The zero-order chi connectivity index (χ0) is 13.7. The molecule has 0 saturated carbocycles. The zero-order valence-electron chi connectivity index (χ0n) is 11.1. The van der Waals surface area contributed by atoms with Crippen molar-refractivity contribution >= 4 is 11.9 Å². The van der Waals surface area contributed by atoms with E-state index in [4.69, 9.17) is 10.5 Å². The molecular formula is C11H20N6O2. The van der Waals surface area contributed by atoms with Crippen molar-refractivity contribution < 1.29 is 9.53 Å². The molecule has 0 radical (unpaired) electrons. The van der Waals surface area contributed by atoms with Gasteiger partial charge in [-0.15, -0.1) is 5.10 Å². The molecule has 1 atom stereocenters. The van der Waals surface area contributed by atoms with E-state index in [0.717, 1.165) is 32.8 Å². The van der Waals surface area contributed by atoms with Crippen molar-refractivity contribution in [1.82, 2.24) is 25.0 Å². The number of ether oxygens (including phenoxy) is 1. The maximum Gasteiger partial charge on any atom is 0.242 e. The molecule has 1 amide bonds. The Morgan fingerprint density at radius 1 is 1.58 bits per heavy atom. The molecular weight excluding hydrogens is 248 g/mol.